The van der Waals surface area contributed by atoms with Gasteiger partial charge in [0, 0.05) is 18.1 Å². The molecule has 2 N–H and O–H groups in total. The van der Waals surface area contributed by atoms with Crippen molar-refractivity contribution in [2.24, 2.45) is 0 Å². The highest BCUT2D eigenvalue weighted by Crippen LogP contribution is 2.38. The van der Waals surface area contributed by atoms with Gasteiger partial charge in [-0.05, 0) is 40.2 Å². The zero-order valence-corrected chi connectivity index (χ0v) is 18.0. The van der Waals surface area contributed by atoms with Crippen LogP contribution in [-0.2, 0) is 11.3 Å². The van der Waals surface area contributed by atoms with E-state index in [1.807, 2.05) is 12.1 Å². The van der Waals surface area contributed by atoms with Crippen molar-refractivity contribution in [1.82, 2.24) is 9.47 Å². The molecule has 4 rings (SSSR count). The summed E-state index contributed by atoms with van der Waals surface area (Å²) in [5.41, 5.74) is 2.69. The number of hydrogen-bond acceptors (Lipinski definition) is 6. The standard InChI is InChI=1S/C19H18BrClN4O4/c1-24(8-17-22-12-6-11(20)16(28-2)7-13(12)23-17)18(26)9-25-14-5-10(21)3-4-15(14)29-19(25)27/h3-7,17,22-23H,8-9H2,1-2H3. The summed E-state index contributed by atoms with van der Waals surface area (Å²) in [6.07, 6.45) is -0.176. The number of likely N-dealkylation sites (N-methyl/N-ethyl adjacent to an activating group) is 1. The van der Waals surface area contributed by atoms with Crippen LogP contribution in [0.3, 0.4) is 0 Å². The molecule has 29 heavy (non-hydrogen) atoms. The van der Waals surface area contributed by atoms with Crippen LogP contribution >= 0.6 is 27.5 Å². The summed E-state index contributed by atoms with van der Waals surface area (Å²) in [5, 5.41) is 7.11. The number of oxazole rings is 1. The Morgan fingerprint density at radius 2 is 2.03 bits per heavy atom. The Labute approximate surface area is 179 Å². The first-order valence-corrected chi connectivity index (χ1v) is 9.96. The molecule has 0 spiro atoms. The maximum Gasteiger partial charge on any atom is 0.420 e. The molecule has 0 bridgehead atoms. The predicted octanol–water partition coefficient (Wildman–Crippen LogP) is 3.34. The molecule has 152 valence electrons. The van der Waals surface area contributed by atoms with Crippen molar-refractivity contribution in [3.63, 3.8) is 0 Å². The number of anilines is 2. The van der Waals surface area contributed by atoms with E-state index in [0.717, 1.165) is 15.8 Å². The molecular weight excluding hydrogens is 464 g/mol. The lowest BCUT2D eigenvalue weighted by atomic mass is 10.2. The van der Waals surface area contributed by atoms with Crippen molar-refractivity contribution in [3.05, 3.63) is 50.4 Å². The van der Waals surface area contributed by atoms with Gasteiger partial charge in [0.25, 0.3) is 0 Å². The van der Waals surface area contributed by atoms with Crippen LogP contribution in [0.15, 0.2) is 44.0 Å². The number of amides is 1. The van der Waals surface area contributed by atoms with E-state index in [4.69, 9.17) is 20.8 Å². The van der Waals surface area contributed by atoms with E-state index >= 15 is 0 Å². The van der Waals surface area contributed by atoms with Gasteiger partial charge in [0.05, 0.1) is 35.0 Å². The van der Waals surface area contributed by atoms with E-state index in [0.29, 0.717) is 28.4 Å². The number of carbonyl (C=O) groups is 1. The Balaban J connectivity index is 1.45. The Hall–Kier alpha value is -2.65. The summed E-state index contributed by atoms with van der Waals surface area (Å²) in [6, 6.07) is 8.66. The fourth-order valence-corrected chi connectivity index (χ4v) is 3.94. The average Bonchev–Trinajstić information content (AvgIpc) is 3.20. The van der Waals surface area contributed by atoms with Gasteiger partial charge in [-0.15, -0.1) is 0 Å². The Bertz CT molecular complexity index is 1160. The third-order valence-corrected chi connectivity index (χ3v) is 5.61. The van der Waals surface area contributed by atoms with Crippen molar-refractivity contribution in [2.45, 2.75) is 12.7 Å². The number of nitrogens with zero attached hydrogens (tertiary/aromatic N) is 2. The zero-order chi connectivity index (χ0) is 20.7. The van der Waals surface area contributed by atoms with E-state index in [2.05, 4.69) is 26.6 Å². The highest BCUT2D eigenvalue weighted by atomic mass is 79.9. The molecule has 0 saturated carbocycles. The maximum atomic E-state index is 12.7. The van der Waals surface area contributed by atoms with Gasteiger partial charge in [-0.3, -0.25) is 9.36 Å². The number of fused-ring (bicyclic) bond motifs is 2. The molecule has 0 fully saturated rings. The van der Waals surface area contributed by atoms with E-state index in [-0.39, 0.29) is 18.6 Å². The van der Waals surface area contributed by atoms with Crippen LogP contribution in [0.1, 0.15) is 0 Å². The first-order chi connectivity index (χ1) is 13.9. The zero-order valence-electron chi connectivity index (χ0n) is 15.7. The highest BCUT2D eigenvalue weighted by Gasteiger charge is 2.25. The van der Waals surface area contributed by atoms with Crippen molar-refractivity contribution in [1.29, 1.82) is 0 Å². The van der Waals surface area contributed by atoms with Gasteiger partial charge in [0.2, 0.25) is 5.91 Å². The van der Waals surface area contributed by atoms with Crippen LogP contribution in [0.5, 0.6) is 5.75 Å². The Morgan fingerprint density at radius 1 is 1.31 bits per heavy atom. The summed E-state index contributed by atoms with van der Waals surface area (Å²) >= 11 is 9.47. The minimum Gasteiger partial charge on any atom is -0.495 e. The van der Waals surface area contributed by atoms with E-state index in [1.54, 1.807) is 37.3 Å². The second-order valence-corrected chi connectivity index (χ2v) is 8.00. The quantitative estimate of drug-likeness (QED) is 0.581. The fraction of sp³-hybridized carbons (Fsp3) is 0.263. The van der Waals surface area contributed by atoms with E-state index in [1.165, 1.54) is 4.57 Å². The summed E-state index contributed by atoms with van der Waals surface area (Å²) in [5.74, 6) is -0.105. The van der Waals surface area contributed by atoms with Gasteiger partial charge in [-0.25, -0.2) is 4.79 Å². The number of carbonyl (C=O) groups excluding carboxylic acids is 1. The third-order valence-electron chi connectivity index (χ3n) is 4.76. The SMILES string of the molecule is COc1cc2c(cc1Br)NC(CN(C)C(=O)Cn1c(=O)oc3ccc(Cl)cc31)N2. The molecule has 0 saturated heterocycles. The molecule has 0 radical (unpaired) electrons. The van der Waals surface area contributed by atoms with Gasteiger partial charge < -0.3 is 24.7 Å². The van der Waals surface area contributed by atoms with Crippen LogP contribution in [0.2, 0.25) is 5.02 Å². The molecule has 1 amide bonds. The number of methoxy groups -OCH3 is 1. The maximum absolute atomic E-state index is 12.7. The molecule has 2 heterocycles. The molecule has 8 nitrogen and oxygen atoms in total. The monoisotopic (exact) mass is 480 g/mol. The molecular formula is C19H18BrClN4O4. The number of benzene rings is 2. The molecule has 1 unspecified atom stereocenters. The second-order valence-electron chi connectivity index (χ2n) is 6.71. The highest BCUT2D eigenvalue weighted by molar-refractivity contribution is 9.10. The van der Waals surface area contributed by atoms with Crippen molar-refractivity contribution in [2.75, 3.05) is 31.3 Å². The molecule has 1 aliphatic heterocycles. The van der Waals surface area contributed by atoms with E-state index in [9.17, 15) is 9.59 Å². The first kappa shape index (κ1) is 19.7. The first-order valence-electron chi connectivity index (χ1n) is 8.79. The predicted molar refractivity (Wildman–Crippen MR) is 115 cm³/mol. The summed E-state index contributed by atoms with van der Waals surface area (Å²) < 4.78 is 12.6. The van der Waals surface area contributed by atoms with Gasteiger partial charge in [0.15, 0.2) is 5.58 Å². The number of ether oxygens (including phenoxy) is 1. The fourth-order valence-electron chi connectivity index (χ4n) is 3.27. The molecule has 1 atom stereocenters. The lowest BCUT2D eigenvalue weighted by Gasteiger charge is -2.22. The third kappa shape index (κ3) is 3.79. The smallest absolute Gasteiger partial charge is 0.420 e. The van der Waals surface area contributed by atoms with Crippen LogP contribution in [0, 0.1) is 0 Å². The van der Waals surface area contributed by atoms with Gasteiger partial charge in [-0.1, -0.05) is 11.6 Å². The summed E-state index contributed by atoms with van der Waals surface area (Å²) in [4.78, 5) is 26.4. The summed E-state index contributed by atoms with van der Waals surface area (Å²) in [6.45, 7) is 0.250. The number of aromatic nitrogens is 1. The Morgan fingerprint density at radius 3 is 2.76 bits per heavy atom. The van der Waals surface area contributed by atoms with Crippen LogP contribution in [0.25, 0.3) is 11.1 Å². The number of halogens is 2. The van der Waals surface area contributed by atoms with Crippen molar-refractivity contribution < 1.29 is 13.9 Å². The molecule has 1 aromatic heterocycles. The lowest BCUT2D eigenvalue weighted by molar-refractivity contribution is -0.130. The Kier molecular flexibility index (Phi) is 5.18. The van der Waals surface area contributed by atoms with Crippen molar-refractivity contribution >= 4 is 55.9 Å². The van der Waals surface area contributed by atoms with Crippen LogP contribution < -0.4 is 21.1 Å². The summed E-state index contributed by atoms with van der Waals surface area (Å²) in [7, 11) is 3.29. The molecule has 2 aromatic carbocycles. The second kappa shape index (κ2) is 7.64. The minimum absolute atomic E-state index is 0.137. The molecule has 0 aliphatic carbocycles. The molecule has 10 heteroatoms. The number of hydrogen-bond donors (Lipinski definition) is 2. The number of rotatable bonds is 5. The topological polar surface area (TPSA) is 88.7 Å². The molecule has 3 aromatic rings. The minimum atomic E-state index is -0.592. The van der Waals surface area contributed by atoms with Gasteiger partial charge in [0.1, 0.15) is 18.5 Å². The number of nitrogens with one attached hydrogen (secondary N) is 2. The van der Waals surface area contributed by atoms with Crippen molar-refractivity contribution in [3.8, 4) is 5.75 Å². The lowest BCUT2D eigenvalue weighted by Crippen LogP contribution is -2.41. The average molecular weight is 482 g/mol. The van der Waals surface area contributed by atoms with Crippen LogP contribution in [0.4, 0.5) is 11.4 Å². The van der Waals surface area contributed by atoms with Gasteiger partial charge in [-0.2, -0.15) is 0 Å². The molecule has 1 aliphatic rings. The normalized spacial score (nSPS) is 15.0. The largest absolute Gasteiger partial charge is 0.495 e. The van der Waals surface area contributed by atoms with E-state index < -0.39 is 5.76 Å². The van der Waals surface area contributed by atoms with Gasteiger partial charge >= 0.3 is 5.76 Å². The van der Waals surface area contributed by atoms with Crippen LogP contribution in [-0.4, -0.2) is 42.2 Å².